The molecule has 1 aromatic rings. The monoisotopic (exact) mass is 307 g/mol. The predicted octanol–water partition coefficient (Wildman–Crippen LogP) is 0.708. The van der Waals surface area contributed by atoms with Gasteiger partial charge in [0, 0.05) is 19.0 Å². The van der Waals surface area contributed by atoms with Crippen LogP contribution in [0.3, 0.4) is 0 Å². The number of hydrogen-bond donors (Lipinski definition) is 3. The average Bonchev–Trinajstić information content (AvgIpc) is 2.51. The lowest BCUT2D eigenvalue weighted by Gasteiger charge is -2.37. The van der Waals surface area contributed by atoms with Crippen LogP contribution in [0, 0.1) is 5.92 Å². The fraction of sp³-hybridized carbons (Fsp3) is 0.562. The normalized spacial score (nSPS) is 23.3. The molecule has 1 aromatic carbocycles. The number of fused-ring (bicyclic) bond motifs is 1. The highest BCUT2D eigenvalue weighted by Crippen LogP contribution is 2.32. The molecule has 0 radical (unpaired) electrons. The van der Waals surface area contributed by atoms with Crippen LogP contribution in [0.1, 0.15) is 24.2 Å². The van der Waals surface area contributed by atoms with E-state index in [0.717, 1.165) is 0 Å². The first-order valence-electron chi connectivity index (χ1n) is 7.61. The highest BCUT2D eigenvalue weighted by molar-refractivity contribution is 5.99. The number of hydrogen-bond acceptors (Lipinski definition) is 5. The maximum atomic E-state index is 12.8. The van der Waals surface area contributed by atoms with Crippen molar-refractivity contribution in [2.75, 3.05) is 32.5 Å². The van der Waals surface area contributed by atoms with Crippen molar-refractivity contribution in [3.8, 4) is 5.75 Å². The third-order valence-electron chi connectivity index (χ3n) is 4.13. The Kier molecular flexibility index (Phi) is 5.26. The maximum Gasteiger partial charge on any atom is 0.258 e. The van der Waals surface area contributed by atoms with Crippen LogP contribution >= 0.6 is 0 Å². The molecule has 6 nitrogen and oxygen atoms in total. The molecule has 0 aromatic heterocycles. The fourth-order valence-corrected chi connectivity index (χ4v) is 2.71. The summed E-state index contributed by atoms with van der Waals surface area (Å²) in [5.74, 6) is 0.395. The van der Waals surface area contributed by atoms with E-state index in [1.807, 2.05) is 20.9 Å². The second-order valence-electron chi connectivity index (χ2n) is 5.90. The lowest BCUT2D eigenvalue weighted by atomic mass is 9.99. The summed E-state index contributed by atoms with van der Waals surface area (Å²) in [6, 6.07) is 4.94. The first-order chi connectivity index (χ1) is 10.5. The molecular weight excluding hydrogens is 282 g/mol. The zero-order valence-corrected chi connectivity index (χ0v) is 13.4. The molecule has 0 bridgehead atoms. The molecule has 1 amide bonds. The van der Waals surface area contributed by atoms with E-state index in [1.54, 1.807) is 23.1 Å². The van der Waals surface area contributed by atoms with Gasteiger partial charge in [-0.3, -0.25) is 4.79 Å². The molecule has 0 saturated carbocycles. The van der Waals surface area contributed by atoms with Crippen LogP contribution < -0.4 is 15.8 Å². The summed E-state index contributed by atoms with van der Waals surface area (Å²) in [7, 11) is 1.86. The second-order valence-corrected chi connectivity index (χ2v) is 5.90. The van der Waals surface area contributed by atoms with E-state index in [-0.39, 0.29) is 30.6 Å². The van der Waals surface area contributed by atoms with E-state index in [9.17, 15) is 9.90 Å². The Morgan fingerprint density at radius 3 is 2.91 bits per heavy atom. The molecule has 4 N–H and O–H groups in total. The Balaban J connectivity index is 2.48. The van der Waals surface area contributed by atoms with Crippen LogP contribution in [-0.2, 0) is 0 Å². The molecule has 0 unspecified atom stereocenters. The number of amides is 1. The highest BCUT2D eigenvalue weighted by Gasteiger charge is 2.33. The number of nitrogen functional groups attached to an aromatic ring is 1. The number of nitrogens with two attached hydrogens (primary N) is 1. The first kappa shape index (κ1) is 16.6. The standard InChI is InChI=1S/C16H25N3O3/c1-10-8-19(11(2)9-20)16(21)12-5-4-6-13(17)15(12)22-14(10)7-18-3/h4-6,10-11,14,18,20H,7-9,17H2,1-3H3/t10-,11+,14+/m0/s1. The van der Waals surface area contributed by atoms with Gasteiger partial charge < -0.3 is 25.8 Å². The van der Waals surface area contributed by atoms with Gasteiger partial charge in [0.15, 0.2) is 5.75 Å². The number of aliphatic hydroxyl groups excluding tert-OH is 1. The lowest BCUT2D eigenvalue weighted by Crippen LogP contribution is -2.49. The topological polar surface area (TPSA) is 87.8 Å². The minimum atomic E-state index is -0.252. The third-order valence-corrected chi connectivity index (χ3v) is 4.13. The Morgan fingerprint density at radius 1 is 1.55 bits per heavy atom. The molecule has 2 rings (SSSR count). The molecule has 3 atom stereocenters. The molecule has 1 aliphatic rings. The quantitative estimate of drug-likeness (QED) is 0.713. The zero-order valence-electron chi connectivity index (χ0n) is 13.4. The van der Waals surface area contributed by atoms with Gasteiger partial charge in [-0.25, -0.2) is 0 Å². The summed E-state index contributed by atoms with van der Waals surface area (Å²) in [5.41, 5.74) is 6.92. The summed E-state index contributed by atoms with van der Waals surface area (Å²) in [4.78, 5) is 14.5. The van der Waals surface area contributed by atoms with Crippen LogP contribution in [0.25, 0.3) is 0 Å². The Morgan fingerprint density at radius 2 is 2.27 bits per heavy atom. The van der Waals surface area contributed by atoms with E-state index in [1.165, 1.54) is 0 Å². The molecule has 0 spiro atoms. The molecule has 1 aliphatic heterocycles. The minimum Gasteiger partial charge on any atom is -0.486 e. The smallest absolute Gasteiger partial charge is 0.258 e. The number of likely N-dealkylation sites (N-methyl/N-ethyl adjacent to an activating group) is 1. The van der Waals surface area contributed by atoms with Crippen molar-refractivity contribution in [1.29, 1.82) is 0 Å². The number of rotatable bonds is 4. The molecule has 0 fully saturated rings. The summed E-state index contributed by atoms with van der Waals surface area (Å²) < 4.78 is 6.06. The Hall–Kier alpha value is -1.79. The number of ether oxygens (including phenoxy) is 1. The van der Waals surface area contributed by atoms with E-state index < -0.39 is 0 Å². The van der Waals surface area contributed by atoms with Crippen molar-refractivity contribution in [3.05, 3.63) is 23.8 Å². The third kappa shape index (κ3) is 3.18. The van der Waals surface area contributed by atoms with Gasteiger partial charge in [-0.05, 0) is 26.1 Å². The van der Waals surface area contributed by atoms with Crippen molar-refractivity contribution >= 4 is 11.6 Å². The van der Waals surface area contributed by atoms with Gasteiger partial charge in [0.05, 0.1) is 23.9 Å². The SMILES string of the molecule is CNC[C@H]1Oc2c(N)cccc2C(=O)N([C@H](C)CO)C[C@@H]1C. The minimum absolute atomic E-state index is 0.0757. The van der Waals surface area contributed by atoms with Crippen LogP contribution in [0.15, 0.2) is 18.2 Å². The zero-order chi connectivity index (χ0) is 16.3. The van der Waals surface area contributed by atoms with E-state index >= 15 is 0 Å². The summed E-state index contributed by atoms with van der Waals surface area (Å²) in [6.07, 6.45) is -0.102. The lowest BCUT2D eigenvalue weighted by molar-refractivity contribution is 0.0417. The Bertz CT molecular complexity index is 535. The van der Waals surface area contributed by atoms with Gasteiger partial charge in [0.1, 0.15) is 6.10 Å². The fourth-order valence-electron chi connectivity index (χ4n) is 2.71. The van der Waals surface area contributed by atoms with Crippen molar-refractivity contribution < 1.29 is 14.6 Å². The number of carbonyl (C=O) groups excluding carboxylic acids is 1. The van der Waals surface area contributed by atoms with E-state index in [4.69, 9.17) is 10.5 Å². The van der Waals surface area contributed by atoms with Gasteiger partial charge in [-0.1, -0.05) is 13.0 Å². The van der Waals surface area contributed by atoms with Gasteiger partial charge in [-0.2, -0.15) is 0 Å². The van der Waals surface area contributed by atoms with Gasteiger partial charge in [-0.15, -0.1) is 0 Å². The average molecular weight is 307 g/mol. The van der Waals surface area contributed by atoms with E-state index in [0.29, 0.717) is 30.1 Å². The number of anilines is 1. The molecule has 22 heavy (non-hydrogen) atoms. The molecule has 0 aliphatic carbocycles. The molecule has 0 saturated heterocycles. The maximum absolute atomic E-state index is 12.8. The summed E-state index contributed by atoms with van der Waals surface area (Å²) >= 11 is 0. The van der Waals surface area contributed by atoms with Gasteiger partial charge in [0.2, 0.25) is 0 Å². The molecular formula is C16H25N3O3. The van der Waals surface area contributed by atoms with E-state index in [2.05, 4.69) is 5.32 Å². The first-order valence-corrected chi connectivity index (χ1v) is 7.61. The number of aliphatic hydroxyl groups is 1. The number of benzene rings is 1. The van der Waals surface area contributed by atoms with Crippen LogP contribution in [0.2, 0.25) is 0 Å². The molecule has 6 heteroatoms. The van der Waals surface area contributed by atoms with Crippen LogP contribution in [-0.4, -0.2) is 54.8 Å². The van der Waals surface area contributed by atoms with Crippen molar-refractivity contribution in [2.24, 2.45) is 5.92 Å². The number of carbonyl (C=O) groups is 1. The highest BCUT2D eigenvalue weighted by atomic mass is 16.5. The van der Waals surface area contributed by atoms with Crippen LogP contribution in [0.4, 0.5) is 5.69 Å². The predicted molar refractivity (Wildman–Crippen MR) is 85.9 cm³/mol. The van der Waals surface area contributed by atoms with Crippen LogP contribution in [0.5, 0.6) is 5.75 Å². The number of para-hydroxylation sites is 1. The molecule has 1 heterocycles. The summed E-state index contributed by atoms with van der Waals surface area (Å²) in [5, 5.41) is 12.6. The van der Waals surface area contributed by atoms with Crippen molar-refractivity contribution in [2.45, 2.75) is 26.0 Å². The summed E-state index contributed by atoms with van der Waals surface area (Å²) in [6.45, 7) is 4.99. The Labute approximate surface area is 131 Å². The van der Waals surface area contributed by atoms with Crippen molar-refractivity contribution in [1.82, 2.24) is 10.2 Å². The number of nitrogens with one attached hydrogen (secondary N) is 1. The van der Waals surface area contributed by atoms with Crippen molar-refractivity contribution in [3.63, 3.8) is 0 Å². The largest absolute Gasteiger partial charge is 0.486 e. The number of nitrogens with zero attached hydrogens (tertiary/aromatic N) is 1. The van der Waals surface area contributed by atoms with Gasteiger partial charge in [0.25, 0.3) is 5.91 Å². The van der Waals surface area contributed by atoms with Gasteiger partial charge >= 0.3 is 0 Å². The molecule has 122 valence electrons. The second kappa shape index (κ2) is 6.98.